The Morgan fingerprint density at radius 1 is 1.27 bits per heavy atom. The van der Waals surface area contributed by atoms with Gasteiger partial charge >= 0.3 is 5.97 Å². The molecule has 144 valence electrons. The monoisotopic (exact) mass is 386 g/mol. The number of carbonyl (C=O) groups is 2. The van der Waals surface area contributed by atoms with Gasteiger partial charge in [-0.1, -0.05) is 6.92 Å². The summed E-state index contributed by atoms with van der Waals surface area (Å²) < 4.78 is 44.9. The molecule has 0 bridgehead atoms. The lowest BCUT2D eigenvalue weighted by atomic mass is 9.96. The molecule has 0 aliphatic carbocycles. The molecule has 26 heavy (non-hydrogen) atoms. The molecule has 0 radical (unpaired) electrons. The quantitative estimate of drug-likeness (QED) is 0.744. The second kappa shape index (κ2) is 8.59. The molecular weight excluding hydrogens is 363 g/mol. The van der Waals surface area contributed by atoms with Crippen molar-refractivity contribution in [3.63, 3.8) is 0 Å². The third-order valence-electron chi connectivity index (χ3n) is 4.47. The molecule has 1 unspecified atom stereocenters. The fraction of sp³-hybridized carbons (Fsp3) is 0.529. The predicted molar refractivity (Wildman–Crippen MR) is 92.1 cm³/mol. The lowest BCUT2D eigenvalue weighted by Crippen LogP contribution is -2.50. The Hall–Kier alpha value is -2.00. The molecule has 1 aliphatic rings. The van der Waals surface area contributed by atoms with Gasteiger partial charge in [0.1, 0.15) is 11.9 Å². The van der Waals surface area contributed by atoms with Gasteiger partial charge in [-0.05, 0) is 43.5 Å². The highest BCUT2D eigenvalue weighted by Crippen LogP contribution is 2.20. The van der Waals surface area contributed by atoms with Crippen molar-refractivity contribution < 1.29 is 27.1 Å². The number of nitrogens with zero attached hydrogens (tertiary/aromatic N) is 1. The average molecular weight is 386 g/mol. The summed E-state index contributed by atoms with van der Waals surface area (Å²) >= 11 is 0. The number of esters is 1. The Bertz CT molecular complexity index is 743. The van der Waals surface area contributed by atoms with Crippen molar-refractivity contribution in [3.8, 4) is 0 Å². The maximum atomic E-state index is 13.0. The van der Waals surface area contributed by atoms with E-state index in [-0.39, 0.29) is 29.1 Å². The van der Waals surface area contributed by atoms with Gasteiger partial charge in [0.05, 0.1) is 17.9 Å². The number of likely N-dealkylation sites (tertiary alicyclic amines) is 1. The van der Waals surface area contributed by atoms with Crippen LogP contribution in [-0.2, 0) is 24.3 Å². The van der Waals surface area contributed by atoms with Gasteiger partial charge in [-0.3, -0.25) is 9.59 Å². The van der Waals surface area contributed by atoms with Gasteiger partial charge in [0, 0.05) is 13.1 Å². The Morgan fingerprint density at radius 2 is 1.85 bits per heavy atom. The van der Waals surface area contributed by atoms with Crippen molar-refractivity contribution in [1.29, 1.82) is 0 Å². The van der Waals surface area contributed by atoms with Gasteiger partial charge in [-0.25, -0.2) is 12.8 Å². The third kappa shape index (κ3) is 4.79. The highest BCUT2D eigenvalue weighted by Gasteiger charge is 2.32. The van der Waals surface area contributed by atoms with E-state index in [1.807, 2.05) is 0 Å². The lowest BCUT2D eigenvalue weighted by molar-refractivity contribution is -0.149. The van der Waals surface area contributed by atoms with E-state index in [1.165, 1.54) is 7.11 Å². The summed E-state index contributed by atoms with van der Waals surface area (Å²) in [6.45, 7) is 2.44. The van der Waals surface area contributed by atoms with E-state index < -0.39 is 21.9 Å². The topological polar surface area (TPSA) is 92.8 Å². The van der Waals surface area contributed by atoms with E-state index in [4.69, 9.17) is 4.74 Å². The predicted octanol–water partition coefficient (Wildman–Crippen LogP) is 1.29. The zero-order chi connectivity index (χ0) is 19.3. The number of benzene rings is 1. The minimum atomic E-state index is -3.94. The zero-order valence-electron chi connectivity index (χ0n) is 14.8. The van der Waals surface area contributed by atoms with Crippen LogP contribution in [-0.4, -0.2) is 51.4 Å². The number of hydrogen-bond acceptors (Lipinski definition) is 5. The number of carbonyl (C=O) groups excluding carboxylic acids is 2. The summed E-state index contributed by atoms with van der Waals surface area (Å²) in [7, 11) is -2.61. The summed E-state index contributed by atoms with van der Waals surface area (Å²) in [6, 6.07) is 3.48. The molecule has 1 amide bonds. The van der Waals surface area contributed by atoms with Crippen LogP contribution in [0.5, 0.6) is 0 Å². The van der Waals surface area contributed by atoms with Crippen molar-refractivity contribution in [2.75, 3.05) is 20.2 Å². The highest BCUT2D eigenvalue weighted by molar-refractivity contribution is 7.89. The minimum Gasteiger partial charge on any atom is -0.469 e. The molecule has 0 saturated carbocycles. The fourth-order valence-corrected chi connectivity index (χ4v) is 4.17. The molecule has 2 rings (SSSR count). The van der Waals surface area contributed by atoms with Crippen LogP contribution < -0.4 is 4.72 Å². The standard InChI is InChI=1S/C17H23FN2O5S/c1-3-15(19-26(23,24)14-6-4-13(18)5-7-14)16(21)20-10-8-12(9-11-20)17(22)25-2/h4-7,12,15,19H,3,8-11H2,1-2H3. The van der Waals surface area contributed by atoms with Crippen molar-refractivity contribution in [2.24, 2.45) is 5.92 Å². The molecule has 1 aromatic carbocycles. The Balaban J connectivity index is 2.03. The average Bonchev–Trinajstić information content (AvgIpc) is 2.65. The summed E-state index contributed by atoms with van der Waals surface area (Å²) in [5.74, 6) is -1.40. The second-order valence-corrected chi connectivity index (χ2v) is 7.87. The van der Waals surface area contributed by atoms with Crippen molar-refractivity contribution >= 4 is 21.9 Å². The van der Waals surface area contributed by atoms with Gasteiger partial charge < -0.3 is 9.64 Å². The van der Waals surface area contributed by atoms with E-state index >= 15 is 0 Å². The Morgan fingerprint density at radius 3 is 2.35 bits per heavy atom. The number of ether oxygens (including phenoxy) is 1. The van der Waals surface area contributed by atoms with Crippen LogP contribution >= 0.6 is 0 Å². The number of nitrogens with one attached hydrogen (secondary N) is 1. The summed E-state index contributed by atoms with van der Waals surface area (Å²) in [4.78, 5) is 25.7. The maximum absolute atomic E-state index is 13.0. The van der Waals surface area contributed by atoms with Crippen LogP contribution in [0.4, 0.5) is 4.39 Å². The van der Waals surface area contributed by atoms with Gasteiger partial charge in [0.15, 0.2) is 0 Å². The Kier molecular flexibility index (Phi) is 6.71. The Labute approximate surface area is 152 Å². The van der Waals surface area contributed by atoms with Crippen LogP contribution in [0, 0.1) is 11.7 Å². The first-order valence-electron chi connectivity index (χ1n) is 8.43. The van der Waals surface area contributed by atoms with E-state index in [0.29, 0.717) is 25.9 Å². The van der Waals surface area contributed by atoms with Crippen LogP contribution in [0.3, 0.4) is 0 Å². The molecule has 1 aliphatic heterocycles. The fourth-order valence-electron chi connectivity index (χ4n) is 2.90. The van der Waals surface area contributed by atoms with Crippen molar-refractivity contribution in [3.05, 3.63) is 30.1 Å². The number of methoxy groups -OCH3 is 1. The SMILES string of the molecule is CCC(NS(=O)(=O)c1ccc(F)cc1)C(=O)N1CCC(C(=O)OC)CC1. The van der Waals surface area contributed by atoms with Gasteiger partial charge in [-0.2, -0.15) is 4.72 Å². The highest BCUT2D eigenvalue weighted by atomic mass is 32.2. The first-order valence-corrected chi connectivity index (χ1v) is 9.91. The van der Waals surface area contributed by atoms with Crippen molar-refractivity contribution in [2.45, 2.75) is 37.1 Å². The molecule has 7 nitrogen and oxygen atoms in total. The molecule has 1 N–H and O–H groups in total. The minimum absolute atomic E-state index is 0.102. The van der Waals surface area contributed by atoms with E-state index in [1.54, 1.807) is 11.8 Å². The second-order valence-electron chi connectivity index (χ2n) is 6.16. The maximum Gasteiger partial charge on any atom is 0.308 e. The molecule has 9 heteroatoms. The number of halogens is 1. The molecule has 1 atom stereocenters. The normalized spacial score (nSPS) is 17.0. The van der Waals surface area contributed by atoms with Gasteiger partial charge in [0.2, 0.25) is 15.9 Å². The van der Waals surface area contributed by atoms with Crippen LogP contribution in [0.1, 0.15) is 26.2 Å². The summed E-state index contributed by atoms with van der Waals surface area (Å²) in [5, 5.41) is 0. The van der Waals surface area contributed by atoms with E-state index in [2.05, 4.69) is 4.72 Å². The molecule has 0 spiro atoms. The van der Waals surface area contributed by atoms with Crippen molar-refractivity contribution in [1.82, 2.24) is 9.62 Å². The van der Waals surface area contributed by atoms with E-state index in [0.717, 1.165) is 24.3 Å². The molecular formula is C17H23FN2O5S. The number of rotatable bonds is 6. The largest absolute Gasteiger partial charge is 0.469 e. The van der Waals surface area contributed by atoms with E-state index in [9.17, 15) is 22.4 Å². The molecule has 1 saturated heterocycles. The molecule has 1 fully saturated rings. The van der Waals surface area contributed by atoms with Gasteiger partial charge in [-0.15, -0.1) is 0 Å². The number of piperidine rings is 1. The molecule has 1 aromatic rings. The molecule has 0 aromatic heterocycles. The van der Waals surface area contributed by atoms with Crippen LogP contribution in [0.2, 0.25) is 0 Å². The smallest absolute Gasteiger partial charge is 0.308 e. The first kappa shape index (κ1) is 20.3. The third-order valence-corrected chi connectivity index (χ3v) is 5.96. The summed E-state index contributed by atoms with van der Waals surface area (Å²) in [6.07, 6.45) is 1.25. The lowest BCUT2D eigenvalue weighted by Gasteiger charge is -2.33. The van der Waals surface area contributed by atoms with Crippen LogP contribution in [0.25, 0.3) is 0 Å². The van der Waals surface area contributed by atoms with Gasteiger partial charge in [0.25, 0.3) is 0 Å². The number of amides is 1. The number of sulfonamides is 1. The zero-order valence-corrected chi connectivity index (χ0v) is 15.6. The number of hydrogen-bond donors (Lipinski definition) is 1. The first-order chi connectivity index (χ1) is 12.3. The molecule has 1 heterocycles. The van der Waals surface area contributed by atoms with Crippen LogP contribution in [0.15, 0.2) is 29.2 Å². The summed E-state index contributed by atoms with van der Waals surface area (Å²) in [5.41, 5.74) is 0.